The van der Waals surface area contributed by atoms with Crippen LogP contribution in [0.15, 0.2) is 16.7 Å². The third kappa shape index (κ3) is 4.01. The smallest absolute Gasteiger partial charge is 0.355 e. The number of rotatable bonds is 5. The Kier molecular flexibility index (Phi) is 5.36. The highest BCUT2D eigenvalue weighted by atomic mass is 35.5. The molecule has 0 unspecified atom stereocenters. The molecule has 4 rings (SSSR count). The Balaban J connectivity index is 1.74. The van der Waals surface area contributed by atoms with Gasteiger partial charge in [-0.25, -0.2) is 0 Å². The van der Waals surface area contributed by atoms with Gasteiger partial charge in [-0.05, 0) is 18.9 Å². The number of alkyl halides is 5. The topological polar surface area (TPSA) is 64.2 Å². The first-order chi connectivity index (χ1) is 14.8. The summed E-state index contributed by atoms with van der Waals surface area (Å²) in [5.74, 6) is -4.06. The van der Waals surface area contributed by atoms with Crippen molar-refractivity contribution in [3.63, 3.8) is 0 Å². The van der Waals surface area contributed by atoms with Gasteiger partial charge in [-0.15, -0.1) is 11.3 Å². The molecular formula is C19H16ClF5N4O2S. The first kappa shape index (κ1) is 22.7. The number of hydrogen-bond acceptors (Lipinski definition) is 5. The van der Waals surface area contributed by atoms with Crippen LogP contribution in [0.5, 0.6) is 0 Å². The molecule has 1 aliphatic rings. The molecule has 0 bridgehead atoms. The quantitative estimate of drug-likeness (QED) is 0.419. The van der Waals surface area contributed by atoms with Gasteiger partial charge >= 0.3 is 6.18 Å². The predicted octanol–water partition coefficient (Wildman–Crippen LogP) is 5.82. The maximum absolute atomic E-state index is 13.8. The van der Waals surface area contributed by atoms with E-state index in [1.54, 1.807) is 11.9 Å². The van der Waals surface area contributed by atoms with Crippen LogP contribution in [0.4, 0.5) is 22.0 Å². The minimum atomic E-state index is -5.10. The van der Waals surface area contributed by atoms with Crippen LogP contribution < -0.4 is 0 Å². The number of amides is 1. The standard InChI is InChI=1S/C19H16ClF5N4O2S/c1-18(21,22)15-13(19(23,24)25)14(29(3)26-15)10-7-11(31-27-10)12-6-9(16(20)32-12)17(30)28(2)8-4-5-8/h6-8H,4-5H2,1-3H3. The molecule has 0 atom stereocenters. The molecule has 172 valence electrons. The SMILES string of the molecule is CN(C(=O)c1cc(-c2cc(-c3c(C(F)(F)F)c(C(C)(F)F)nn3C)no2)sc1Cl)C1CC1. The van der Waals surface area contributed by atoms with Crippen LogP contribution >= 0.6 is 22.9 Å². The van der Waals surface area contributed by atoms with Gasteiger partial charge in [0.1, 0.15) is 27.0 Å². The van der Waals surface area contributed by atoms with Gasteiger partial charge in [0.15, 0.2) is 5.76 Å². The Hall–Kier alpha value is -2.47. The summed E-state index contributed by atoms with van der Waals surface area (Å²) in [5.41, 5.74) is -3.73. The average molecular weight is 495 g/mol. The number of aromatic nitrogens is 3. The second-order valence-electron chi connectivity index (χ2n) is 7.60. The summed E-state index contributed by atoms with van der Waals surface area (Å²) < 4.78 is 74.6. The minimum Gasteiger partial charge on any atom is -0.355 e. The zero-order valence-electron chi connectivity index (χ0n) is 16.9. The van der Waals surface area contributed by atoms with Crippen molar-refractivity contribution in [2.24, 2.45) is 7.05 Å². The van der Waals surface area contributed by atoms with Crippen molar-refractivity contribution >= 4 is 28.8 Å². The second kappa shape index (κ2) is 7.55. The van der Waals surface area contributed by atoms with Gasteiger partial charge < -0.3 is 9.42 Å². The Bertz CT molecular complexity index is 1190. The lowest BCUT2D eigenvalue weighted by atomic mass is 10.1. The minimum absolute atomic E-state index is 0.0409. The summed E-state index contributed by atoms with van der Waals surface area (Å²) in [6.45, 7) is 0.341. The maximum Gasteiger partial charge on any atom is 0.420 e. The van der Waals surface area contributed by atoms with Crippen LogP contribution in [-0.2, 0) is 19.1 Å². The monoisotopic (exact) mass is 494 g/mol. The van der Waals surface area contributed by atoms with Gasteiger partial charge in [0, 0.05) is 33.1 Å². The summed E-state index contributed by atoms with van der Waals surface area (Å²) in [6.07, 6.45) is -3.28. The van der Waals surface area contributed by atoms with Crippen LogP contribution in [0.1, 0.15) is 41.4 Å². The molecule has 3 aromatic heterocycles. The molecule has 13 heteroatoms. The van der Waals surface area contributed by atoms with Crippen molar-refractivity contribution in [1.29, 1.82) is 0 Å². The number of halogens is 6. The summed E-state index contributed by atoms with van der Waals surface area (Å²) >= 11 is 7.21. The van der Waals surface area contributed by atoms with Crippen LogP contribution in [-0.4, -0.2) is 38.8 Å². The molecule has 0 aliphatic heterocycles. The fourth-order valence-electron chi connectivity index (χ4n) is 3.35. The molecule has 0 N–H and O–H groups in total. The Morgan fingerprint density at radius 1 is 1.28 bits per heavy atom. The van der Waals surface area contributed by atoms with E-state index in [4.69, 9.17) is 16.1 Å². The summed E-state index contributed by atoms with van der Waals surface area (Å²) in [5, 5.41) is 7.02. The fraction of sp³-hybridized carbons (Fsp3) is 0.421. The average Bonchev–Trinajstić information content (AvgIpc) is 3.10. The summed E-state index contributed by atoms with van der Waals surface area (Å²) in [6, 6.07) is 2.80. The molecule has 1 saturated carbocycles. The van der Waals surface area contributed by atoms with Crippen LogP contribution in [0.2, 0.25) is 4.34 Å². The van der Waals surface area contributed by atoms with Crippen molar-refractivity contribution in [2.45, 2.75) is 37.9 Å². The zero-order chi connectivity index (χ0) is 23.6. The van der Waals surface area contributed by atoms with E-state index in [9.17, 15) is 26.7 Å². The highest BCUT2D eigenvalue weighted by Gasteiger charge is 2.47. The molecule has 1 aliphatic carbocycles. The van der Waals surface area contributed by atoms with E-state index in [1.165, 1.54) is 12.1 Å². The predicted molar refractivity (Wildman–Crippen MR) is 107 cm³/mol. The van der Waals surface area contributed by atoms with E-state index in [0.29, 0.717) is 16.5 Å². The number of hydrogen-bond donors (Lipinski definition) is 0. The van der Waals surface area contributed by atoms with Gasteiger partial charge in [-0.1, -0.05) is 16.8 Å². The molecule has 1 fully saturated rings. The molecular weight excluding hydrogens is 479 g/mol. The Morgan fingerprint density at radius 2 is 1.94 bits per heavy atom. The molecule has 3 aromatic rings. The summed E-state index contributed by atoms with van der Waals surface area (Å²) in [7, 11) is 2.78. The molecule has 0 radical (unpaired) electrons. The zero-order valence-corrected chi connectivity index (χ0v) is 18.5. The third-order valence-electron chi connectivity index (χ3n) is 5.07. The van der Waals surface area contributed by atoms with E-state index >= 15 is 0 Å². The maximum atomic E-state index is 13.8. The third-order valence-corrected chi connectivity index (χ3v) is 6.45. The molecule has 3 heterocycles. The van der Waals surface area contributed by atoms with Crippen LogP contribution in [0, 0.1) is 0 Å². The molecule has 0 saturated heterocycles. The van der Waals surface area contributed by atoms with E-state index in [1.807, 2.05) is 0 Å². The number of aryl methyl sites for hydroxylation is 1. The van der Waals surface area contributed by atoms with Gasteiger partial charge in [0.05, 0.1) is 10.4 Å². The van der Waals surface area contributed by atoms with Crippen molar-refractivity contribution < 1.29 is 31.3 Å². The van der Waals surface area contributed by atoms with E-state index in [-0.39, 0.29) is 33.3 Å². The molecule has 6 nitrogen and oxygen atoms in total. The molecule has 1 amide bonds. The lowest BCUT2D eigenvalue weighted by Gasteiger charge is -2.15. The Morgan fingerprint density at radius 3 is 2.50 bits per heavy atom. The normalized spacial score (nSPS) is 14.8. The molecule has 32 heavy (non-hydrogen) atoms. The van der Waals surface area contributed by atoms with E-state index in [2.05, 4.69) is 10.3 Å². The van der Waals surface area contributed by atoms with Gasteiger partial charge in [0.25, 0.3) is 11.8 Å². The largest absolute Gasteiger partial charge is 0.420 e. The number of carbonyl (C=O) groups is 1. The summed E-state index contributed by atoms with van der Waals surface area (Å²) in [4.78, 5) is 14.6. The van der Waals surface area contributed by atoms with Crippen molar-refractivity contribution in [1.82, 2.24) is 19.8 Å². The number of thiophene rings is 1. The van der Waals surface area contributed by atoms with Crippen molar-refractivity contribution in [2.75, 3.05) is 7.05 Å². The Labute approximate surface area is 187 Å². The van der Waals surface area contributed by atoms with Gasteiger partial charge in [-0.3, -0.25) is 9.48 Å². The highest BCUT2D eigenvalue weighted by Crippen LogP contribution is 2.45. The number of carbonyl (C=O) groups excluding carboxylic acids is 1. The van der Waals surface area contributed by atoms with Gasteiger partial charge in [0.2, 0.25) is 0 Å². The first-order valence-electron chi connectivity index (χ1n) is 9.35. The van der Waals surface area contributed by atoms with Crippen molar-refractivity contribution in [3.05, 3.63) is 33.3 Å². The molecule has 0 spiro atoms. The van der Waals surface area contributed by atoms with Crippen molar-refractivity contribution in [3.8, 4) is 22.0 Å². The van der Waals surface area contributed by atoms with E-state index in [0.717, 1.165) is 31.2 Å². The van der Waals surface area contributed by atoms with Crippen LogP contribution in [0.25, 0.3) is 22.0 Å². The second-order valence-corrected chi connectivity index (χ2v) is 9.26. The molecule has 0 aromatic carbocycles. The lowest BCUT2D eigenvalue weighted by molar-refractivity contribution is -0.141. The van der Waals surface area contributed by atoms with Crippen LogP contribution in [0.3, 0.4) is 0 Å². The fourth-order valence-corrected chi connectivity index (χ4v) is 4.56. The van der Waals surface area contributed by atoms with E-state index < -0.39 is 29.1 Å². The first-order valence-corrected chi connectivity index (χ1v) is 10.5. The highest BCUT2D eigenvalue weighted by molar-refractivity contribution is 7.19. The van der Waals surface area contributed by atoms with Gasteiger partial charge in [-0.2, -0.15) is 27.1 Å². The lowest BCUT2D eigenvalue weighted by Crippen LogP contribution is -2.28. The number of nitrogens with zero attached hydrogens (tertiary/aromatic N) is 4.